The van der Waals surface area contributed by atoms with Crippen LogP contribution in [0.2, 0.25) is 0 Å². The van der Waals surface area contributed by atoms with Crippen LogP contribution in [0, 0.1) is 11.3 Å². The summed E-state index contributed by atoms with van der Waals surface area (Å²) < 4.78 is 42.7. The zero-order valence-corrected chi connectivity index (χ0v) is 16.2. The van der Waals surface area contributed by atoms with Gasteiger partial charge in [-0.3, -0.25) is 4.79 Å². The van der Waals surface area contributed by atoms with Crippen LogP contribution in [0.5, 0.6) is 0 Å². The van der Waals surface area contributed by atoms with Crippen LogP contribution in [0.1, 0.15) is 10.5 Å². The molecule has 4 rings (SSSR count). The Morgan fingerprint density at radius 3 is 2.67 bits per heavy atom. The third kappa shape index (κ3) is 4.54. The molecule has 1 N–H and O–H groups in total. The fraction of sp³-hybridized carbons (Fsp3) is 0.450. The summed E-state index contributed by atoms with van der Waals surface area (Å²) in [5, 5.41) is 8.17. The summed E-state index contributed by atoms with van der Waals surface area (Å²) in [5.74, 6) is -2.40. The van der Waals surface area contributed by atoms with E-state index in [0.717, 1.165) is 17.4 Å². The number of benzene rings is 1. The van der Waals surface area contributed by atoms with Gasteiger partial charge in [-0.25, -0.2) is 9.78 Å². The van der Waals surface area contributed by atoms with Crippen LogP contribution in [0.15, 0.2) is 36.4 Å². The molecule has 2 saturated heterocycles. The first-order valence-corrected chi connectivity index (χ1v) is 9.18. The standard InChI is InChI=1S/C18H20N2O3.C2HF3O2/c1-22-11-18-10-20(8-14(18)9-23-12-18)17(21)16-7-6-13-4-2-3-5-15(13)19-16;3-2(4,5)1(6)7/h2-7,14H,8-12H2,1H3;(H,6,7)/t14-,18-;/m1./s1. The normalized spacial score (nSPS) is 23.1. The fourth-order valence-electron chi connectivity index (χ4n) is 3.83. The van der Waals surface area contributed by atoms with E-state index in [-0.39, 0.29) is 11.3 Å². The number of aromatic nitrogens is 1. The maximum atomic E-state index is 12.9. The van der Waals surface area contributed by atoms with Crippen molar-refractivity contribution in [3.63, 3.8) is 0 Å². The molecule has 162 valence electrons. The lowest BCUT2D eigenvalue weighted by Crippen LogP contribution is -2.37. The summed E-state index contributed by atoms with van der Waals surface area (Å²) in [4.78, 5) is 28.2. The maximum absolute atomic E-state index is 12.9. The van der Waals surface area contributed by atoms with Crippen molar-refractivity contribution < 1.29 is 37.3 Å². The van der Waals surface area contributed by atoms with E-state index in [1.165, 1.54) is 0 Å². The molecule has 7 nitrogen and oxygen atoms in total. The number of carbonyl (C=O) groups is 2. The Hall–Kier alpha value is -2.72. The van der Waals surface area contributed by atoms with Crippen molar-refractivity contribution in [3.05, 3.63) is 42.1 Å². The van der Waals surface area contributed by atoms with Crippen molar-refractivity contribution in [2.75, 3.05) is 40.0 Å². The van der Waals surface area contributed by atoms with E-state index < -0.39 is 12.1 Å². The number of hydrogen-bond acceptors (Lipinski definition) is 5. The van der Waals surface area contributed by atoms with E-state index in [9.17, 15) is 18.0 Å². The molecule has 1 aromatic carbocycles. The fourth-order valence-corrected chi connectivity index (χ4v) is 3.83. The van der Waals surface area contributed by atoms with Crippen LogP contribution >= 0.6 is 0 Å². The molecular formula is C20H21F3N2O5. The van der Waals surface area contributed by atoms with E-state index in [4.69, 9.17) is 19.4 Å². The number of hydrogen-bond donors (Lipinski definition) is 1. The van der Waals surface area contributed by atoms with Gasteiger partial charge in [0.15, 0.2) is 0 Å². The van der Waals surface area contributed by atoms with Crippen LogP contribution in [-0.2, 0) is 14.3 Å². The van der Waals surface area contributed by atoms with Gasteiger partial charge in [-0.2, -0.15) is 13.2 Å². The van der Waals surface area contributed by atoms with Gasteiger partial charge in [0, 0.05) is 36.9 Å². The number of nitrogens with zero attached hydrogens (tertiary/aromatic N) is 2. The molecular weight excluding hydrogens is 405 g/mol. The molecule has 2 aliphatic heterocycles. The molecule has 0 unspecified atom stereocenters. The van der Waals surface area contributed by atoms with Gasteiger partial charge in [-0.05, 0) is 12.1 Å². The van der Waals surface area contributed by atoms with Gasteiger partial charge in [0.2, 0.25) is 0 Å². The lowest BCUT2D eigenvalue weighted by Gasteiger charge is -2.25. The van der Waals surface area contributed by atoms with Gasteiger partial charge in [-0.1, -0.05) is 24.3 Å². The number of carboxylic acid groups (broad SMARTS) is 1. The summed E-state index contributed by atoms with van der Waals surface area (Å²) in [6, 6.07) is 11.6. The molecule has 1 amide bonds. The van der Waals surface area contributed by atoms with Crippen LogP contribution in [-0.4, -0.2) is 73.1 Å². The van der Waals surface area contributed by atoms with E-state index in [1.54, 1.807) is 7.11 Å². The van der Waals surface area contributed by atoms with Gasteiger partial charge in [0.05, 0.1) is 25.3 Å². The number of rotatable bonds is 3. The second-order valence-corrected chi connectivity index (χ2v) is 7.39. The number of alkyl halides is 3. The van der Waals surface area contributed by atoms with Crippen molar-refractivity contribution in [2.24, 2.45) is 11.3 Å². The summed E-state index contributed by atoms with van der Waals surface area (Å²) in [6.45, 7) is 3.40. The van der Waals surface area contributed by atoms with Crippen molar-refractivity contribution in [3.8, 4) is 0 Å². The van der Waals surface area contributed by atoms with Crippen LogP contribution in [0.3, 0.4) is 0 Å². The van der Waals surface area contributed by atoms with Crippen molar-refractivity contribution in [1.29, 1.82) is 0 Å². The zero-order valence-electron chi connectivity index (χ0n) is 16.2. The average Bonchev–Trinajstić information content (AvgIpc) is 3.24. The van der Waals surface area contributed by atoms with Crippen molar-refractivity contribution in [1.82, 2.24) is 9.88 Å². The first-order chi connectivity index (χ1) is 14.2. The Bertz CT molecular complexity index is 936. The van der Waals surface area contributed by atoms with Gasteiger partial charge in [0.1, 0.15) is 5.69 Å². The first kappa shape index (κ1) is 22.0. The van der Waals surface area contributed by atoms with Gasteiger partial charge in [-0.15, -0.1) is 0 Å². The molecule has 2 fully saturated rings. The number of ether oxygens (including phenoxy) is 2. The number of para-hydroxylation sites is 1. The van der Waals surface area contributed by atoms with E-state index in [1.807, 2.05) is 41.3 Å². The van der Waals surface area contributed by atoms with Gasteiger partial charge in [0.25, 0.3) is 5.91 Å². The Morgan fingerprint density at radius 1 is 1.30 bits per heavy atom. The molecule has 3 heterocycles. The van der Waals surface area contributed by atoms with Crippen molar-refractivity contribution in [2.45, 2.75) is 6.18 Å². The summed E-state index contributed by atoms with van der Waals surface area (Å²) in [6.07, 6.45) is -5.08. The Balaban J connectivity index is 0.000000318. The number of carbonyl (C=O) groups excluding carboxylic acids is 1. The number of carboxylic acids is 1. The molecule has 2 aromatic rings. The molecule has 0 saturated carbocycles. The van der Waals surface area contributed by atoms with Crippen molar-refractivity contribution >= 4 is 22.8 Å². The molecule has 2 atom stereocenters. The molecule has 0 radical (unpaired) electrons. The number of likely N-dealkylation sites (tertiary alicyclic amines) is 1. The minimum atomic E-state index is -5.08. The predicted molar refractivity (Wildman–Crippen MR) is 100.0 cm³/mol. The number of methoxy groups -OCH3 is 1. The van der Waals surface area contributed by atoms with E-state index in [0.29, 0.717) is 38.0 Å². The maximum Gasteiger partial charge on any atom is 0.490 e. The highest BCUT2D eigenvalue weighted by Crippen LogP contribution is 2.41. The van der Waals surface area contributed by atoms with E-state index >= 15 is 0 Å². The molecule has 0 bridgehead atoms. The highest BCUT2D eigenvalue weighted by atomic mass is 19.4. The predicted octanol–water partition coefficient (Wildman–Crippen LogP) is 2.60. The number of amides is 1. The highest BCUT2D eigenvalue weighted by Gasteiger charge is 2.52. The molecule has 2 aliphatic rings. The lowest BCUT2D eigenvalue weighted by atomic mass is 9.82. The molecule has 30 heavy (non-hydrogen) atoms. The average molecular weight is 426 g/mol. The first-order valence-electron chi connectivity index (χ1n) is 9.18. The lowest BCUT2D eigenvalue weighted by molar-refractivity contribution is -0.192. The third-order valence-corrected chi connectivity index (χ3v) is 5.30. The summed E-state index contributed by atoms with van der Waals surface area (Å²) >= 11 is 0. The number of pyridine rings is 1. The smallest absolute Gasteiger partial charge is 0.475 e. The van der Waals surface area contributed by atoms with Gasteiger partial charge < -0.3 is 19.5 Å². The Labute approximate surface area is 170 Å². The minimum absolute atomic E-state index is 0.000584. The molecule has 0 spiro atoms. The van der Waals surface area contributed by atoms with Crippen LogP contribution in [0.4, 0.5) is 13.2 Å². The SMILES string of the molecule is COC[C@]12COC[C@H]1CN(C(=O)c1ccc3ccccc3n1)C2.O=C(O)C(F)(F)F. The third-order valence-electron chi connectivity index (χ3n) is 5.30. The zero-order chi connectivity index (χ0) is 21.9. The van der Waals surface area contributed by atoms with Gasteiger partial charge >= 0.3 is 12.1 Å². The van der Waals surface area contributed by atoms with E-state index in [2.05, 4.69) is 4.98 Å². The second kappa shape index (κ2) is 8.57. The molecule has 0 aliphatic carbocycles. The largest absolute Gasteiger partial charge is 0.490 e. The summed E-state index contributed by atoms with van der Waals surface area (Å²) in [5.41, 5.74) is 1.31. The number of halogens is 3. The number of fused-ring (bicyclic) bond motifs is 2. The molecule has 1 aromatic heterocycles. The van der Waals surface area contributed by atoms with Crippen LogP contribution < -0.4 is 0 Å². The minimum Gasteiger partial charge on any atom is -0.475 e. The monoisotopic (exact) mass is 426 g/mol. The highest BCUT2D eigenvalue weighted by molar-refractivity contribution is 5.95. The number of aliphatic carboxylic acids is 1. The topological polar surface area (TPSA) is 89.0 Å². The summed E-state index contributed by atoms with van der Waals surface area (Å²) in [7, 11) is 1.71. The molecule has 10 heteroatoms. The quantitative estimate of drug-likeness (QED) is 0.812. The second-order valence-electron chi connectivity index (χ2n) is 7.39. The van der Waals surface area contributed by atoms with Crippen LogP contribution in [0.25, 0.3) is 10.9 Å². The Morgan fingerprint density at radius 2 is 2.00 bits per heavy atom. The Kier molecular flexibility index (Phi) is 6.27.